The second-order valence-corrected chi connectivity index (χ2v) is 5.62. The lowest BCUT2D eigenvalue weighted by Crippen LogP contribution is -2.21. The van der Waals surface area contributed by atoms with Gasteiger partial charge >= 0.3 is 5.97 Å². The van der Waals surface area contributed by atoms with Crippen molar-refractivity contribution >= 4 is 29.4 Å². The summed E-state index contributed by atoms with van der Waals surface area (Å²) in [7, 11) is 0. The van der Waals surface area contributed by atoms with E-state index in [2.05, 4.69) is 4.98 Å². The molecule has 0 saturated heterocycles. The molecule has 1 aromatic carbocycles. The summed E-state index contributed by atoms with van der Waals surface area (Å²) in [5, 5.41) is 9.58. The van der Waals surface area contributed by atoms with Gasteiger partial charge in [0.15, 0.2) is 0 Å². The van der Waals surface area contributed by atoms with E-state index in [4.69, 9.17) is 4.98 Å². The molecule has 2 heterocycles. The number of aryl methyl sites for hydroxylation is 1. The number of pyridine rings is 2. The molecule has 1 aliphatic rings. The fraction of sp³-hybridized carbons (Fsp3) is 0.167. The summed E-state index contributed by atoms with van der Waals surface area (Å²) in [6.07, 6.45) is 2.21. The molecular weight excluding hydrogens is 312 g/mol. The van der Waals surface area contributed by atoms with Gasteiger partial charge in [0.1, 0.15) is 0 Å². The highest BCUT2D eigenvalue weighted by molar-refractivity contribution is 5.89. The summed E-state index contributed by atoms with van der Waals surface area (Å²) in [5.41, 5.74) is 6.39. The zero-order chi connectivity index (χ0) is 15.3. The van der Waals surface area contributed by atoms with E-state index in [0.29, 0.717) is 6.42 Å². The minimum atomic E-state index is -0.793. The molecule has 0 amide bonds. The van der Waals surface area contributed by atoms with Crippen LogP contribution < -0.4 is 0 Å². The minimum absolute atomic E-state index is 0. The van der Waals surface area contributed by atoms with E-state index in [0.717, 1.165) is 39.0 Å². The highest BCUT2D eigenvalue weighted by atomic mass is 35.5. The predicted octanol–water partition coefficient (Wildman–Crippen LogP) is 3.75. The van der Waals surface area contributed by atoms with Gasteiger partial charge < -0.3 is 5.11 Å². The molecule has 0 radical (unpaired) electrons. The molecule has 0 spiro atoms. The smallest absolute Gasteiger partial charge is 0.311 e. The highest BCUT2D eigenvalue weighted by Gasteiger charge is 2.31. The summed E-state index contributed by atoms with van der Waals surface area (Å²) in [6, 6.07) is 11.5. The summed E-state index contributed by atoms with van der Waals surface area (Å²) >= 11 is 0. The number of fused-ring (bicyclic) bond motifs is 4. The van der Waals surface area contributed by atoms with Crippen LogP contribution in [-0.4, -0.2) is 21.0 Å². The van der Waals surface area contributed by atoms with E-state index in [9.17, 15) is 9.90 Å². The van der Waals surface area contributed by atoms with Crippen molar-refractivity contribution in [3.8, 4) is 11.3 Å². The third kappa shape index (κ3) is 2.26. The van der Waals surface area contributed by atoms with Crippen LogP contribution in [0.2, 0.25) is 0 Å². The summed E-state index contributed by atoms with van der Waals surface area (Å²) in [4.78, 5) is 20.8. The van der Waals surface area contributed by atoms with E-state index in [1.54, 1.807) is 6.20 Å². The molecule has 1 aliphatic carbocycles. The summed E-state index contributed by atoms with van der Waals surface area (Å²) in [5.74, 6) is -1.32. The monoisotopic (exact) mass is 326 g/mol. The Labute approximate surface area is 139 Å². The molecule has 1 unspecified atom stereocenters. The number of aliphatic carboxylic acids is 1. The first kappa shape index (κ1) is 15.4. The number of rotatable bonds is 1. The molecule has 116 valence electrons. The van der Waals surface area contributed by atoms with Gasteiger partial charge in [-0.15, -0.1) is 12.4 Å². The lowest BCUT2D eigenvalue weighted by atomic mass is 9.79. The zero-order valence-electron chi connectivity index (χ0n) is 12.5. The van der Waals surface area contributed by atoms with Crippen molar-refractivity contribution in [3.05, 3.63) is 59.3 Å². The Kier molecular flexibility index (Phi) is 3.78. The van der Waals surface area contributed by atoms with Crippen LogP contribution in [-0.2, 0) is 11.2 Å². The van der Waals surface area contributed by atoms with Crippen molar-refractivity contribution in [2.45, 2.75) is 19.3 Å². The number of hydrogen-bond acceptors (Lipinski definition) is 3. The van der Waals surface area contributed by atoms with Crippen LogP contribution in [0.4, 0.5) is 0 Å². The van der Waals surface area contributed by atoms with Crippen molar-refractivity contribution in [3.63, 3.8) is 0 Å². The largest absolute Gasteiger partial charge is 0.481 e. The molecule has 23 heavy (non-hydrogen) atoms. The predicted molar refractivity (Wildman–Crippen MR) is 91.0 cm³/mol. The molecule has 5 heteroatoms. The second kappa shape index (κ2) is 5.63. The van der Waals surface area contributed by atoms with Gasteiger partial charge in [0.25, 0.3) is 0 Å². The lowest BCUT2D eigenvalue weighted by molar-refractivity contribution is -0.138. The Morgan fingerprint density at radius 2 is 2.00 bits per heavy atom. The molecule has 0 aliphatic heterocycles. The standard InChI is InChI=1S/C18H14N2O2.ClH/c1-10-13-9-14(18(21)22)11-5-2-3-6-12(11)17(13)20-15-7-4-8-19-16(10)15;/h2-8,14H,9H2,1H3,(H,21,22);1H. The number of aromatic nitrogens is 2. The highest BCUT2D eigenvalue weighted by Crippen LogP contribution is 2.41. The Hall–Kier alpha value is -2.46. The molecule has 0 saturated carbocycles. The van der Waals surface area contributed by atoms with E-state index in [1.807, 2.05) is 43.3 Å². The average molecular weight is 327 g/mol. The maximum atomic E-state index is 11.7. The van der Waals surface area contributed by atoms with Gasteiger partial charge in [-0.3, -0.25) is 9.78 Å². The first-order chi connectivity index (χ1) is 10.7. The SMILES string of the molecule is Cc1c2c(nc3cccnc13)-c1ccccc1C(C(=O)O)C2.Cl. The van der Waals surface area contributed by atoms with Gasteiger partial charge in [0, 0.05) is 11.8 Å². The summed E-state index contributed by atoms with van der Waals surface area (Å²) in [6.45, 7) is 2.00. The molecule has 0 bridgehead atoms. The maximum Gasteiger partial charge on any atom is 0.311 e. The Bertz CT molecular complexity index is 924. The van der Waals surface area contributed by atoms with Crippen LogP contribution in [0.3, 0.4) is 0 Å². The first-order valence-corrected chi connectivity index (χ1v) is 7.23. The van der Waals surface area contributed by atoms with Crippen molar-refractivity contribution in [2.75, 3.05) is 0 Å². The van der Waals surface area contributed by atoms with Crippen LogP contribution in [0.15, 0.2) is 42.6 Å². The van der Waals surface area contributed by atoms with Crippen molar-refractivity contribution in [1.29, 1.82) is 0 Å². The number of benzene rings is 1. The molecule has 3 aromatic rings. The van der Waals surface area contributed by atoms with Crippen LogP contribution >= 0.6 is 12.4 Å². The quantitative estimate of drug-likeness (QED) is 0.739. The third-order valence-corrected chi connectivity index (χ3v) is 4.41. The normalized spacial score (nSPS) is 15.4. The van der Waals surface area contributed by atoms with Gasteiger partial charge in [-0.25, -0.2) is 4.98 Å². The molecule has 1 atom stereocenters. The average Bonchev–Trinajstić information content (AvgIpc) is 2.54. The second-order valence-electron chi connectivity index (χ2n) is 5.62. The summed E-state index contributed by atoms with van der Waals surface area (Å²) < 4.78 is 0. The molecule has 1 N–H and O–H groups in total. The minimum Gasteiger partial charge on any atom is -0.481 e. The Morgan fingerprint density at radius 3 is 2.78 bits per heavy atom. The molecule has 0 fully saturated rings. The number of nitrogens with zero attached hydrogens (tertiary/aromatic N) is 2. The van der Waals surface area contributed by atoms with Gasteiger partial charge in [0.2, 0.25) is 0 Å². The molecule has 2 aromatic heterocycles. The Balaban J connectivity index is 0.00000156. The number of carboxylic acids is 1. The molecule has 4 nitrogen and oxygen atoms in total. The van der Waals surface area contributed by atoms with E-state index < -0.39 is 11.9 Å². The van der Waals surface area contributed by atoms with Crippen LogP contribution in [0, 0.1) is 6.92 Å². The van der Waals surface area contributed by atoms with E-state index >= 15 is 0 Å². The molecular formula is C18H15ClN2O2. The van der Waals surface area contributed by atoms with Gasteiger partial charge in [-0.1, -0.05) is 24.3 Å². The van der Waals surface area contributed by atoms with Gasteiger partial charge in [-0.2, -0.15) is 0 Å². The zero-order valence-corrected chi connectivity index (χ0v) is 13.3. The lowest BCUT2D eigenvalue weighted by Gasteiger charge is -2.26. The molecule has 4 rings (SSSR count). The number of halogens is 1. The third-order valence-electron chi connectivity index (χ3n) is 4.41. The fourth-order valence-corrected chi connectivity index (χ4v) is 3.31. The van der Waals surface area contributed by atoms with Crippen molar-refractivity contribution in [1.82, 2.24) is 9.97 Å². The van der Waals surface area contributed by atoms with E-state index in [-0.39, 0.29) is 12.4 Å². The Morgan fingerprint density at radius 1 is 1.22 bits per heavy atom. The topological polar surface area (TPSA) is 63.1 Å². The van der Waals surface area contributed by atoms with Gasteiger partial charge in [0.05, 0.1) is 22.6 Å². The van der Waals surface area contributed by atoms with Crippen molar-refractivity contribution in [2.24, 2.45) is 0 Å². The van der Waals surface area contributed by atoms with Crippen LogP contribution in [0.25, 0.3) is 22.3 Å². The number of carboxylic acid groups (broad SMARTS) is 1. The first-order valence-electron chi connectivity index (χ1n) is 7.23. The van der Waals surface area contributed by atoms with E-state index in [1.165, 1.54) is 0 Å². The number of carbonyl (C=O) groups is 1. The van der Waals surface area contributed by atoms with Crippen molar-refractivity contribution < 1.29 is 9.90 Å². The van der Waals surface area contributed by atoms with Crippen LogP contribution in [0.1, 0.15) is 22.6 Å². The number of hydrogen-bond donors (Lipinski definition) is 1. The maximum absolute atomic E-state index is 11.7. The van der Waals surface area contributed by atoms with Gasteiger partial charge in [-0.05, 0) is 42.2 Å². The van der Waals surface area contributed by atoms with Crippen LogP contribution in [0.5, 0.6) is 0 Å². The fourth-order valence-electron chi connectivity index (χ4n) is 3.31.